The number of thiazole rings is 1. The minimum Gasteiger partial charge on any atom is -0.507 e. The molecule has 3 nitrogen and oxygen atoms in total. The van der Waals surface area contributed by atoms with E-state index in [4.69, 9.17) is 4.98 Å². The average molecular weight is 499 g/mol. The third-order valence-electron chi connectivity index (χ3n) is 6.99. The highest BCUT2D eigenvalue weighted by atomic mass is 32.1. The maximum atomic E-state index is 11.5. The number of rotatable bonds is 5. The first kappa shape index (κ1) is 23.1. The molecule has 0 amide bonds. The lowest BCUT2D eigenvalue weighted by Crippen LogP contribution is -2.19. The molecule has 0 saturated heterocycles. The number of fused-ring (bicyclic) bond motifs is 1. The van der Waals surface area contributed by atoms with E-state index in [1.165, 1.54) is 0 Å². The molecule has 0 aliphatic rings. The fourth-order valence-corrected chi connectivity index (χ4v) is 5.93. The van der Waals surface area contributed by atoms with Crippen molar-refractivity contribution in [3.63, 3.8) is 0 Å². The highest BCUT2D eigenvalue weighted by molar-refractivity contribution is 7.21. The first-order valence-corrected chi connectivity index (χ1v) is 13.1. The second-order valence-corrected chi connectivity index (χ2v) is 10.7. The normalized spacial score (nSPS) is 11.6. The smallest absolute Gasteiger partial charge is 0.129 e. The first-order chi connectivity index (χ1) is 18.0. The second kappa shape index (κ2) is 9.30. The number of hydrogen-bond donors (Lipinski definition) is 1. The zero-order chi connectivity index (χ0) is 25.4. The van der Waals surface area contributed by atoms with Crippen LogP contribution >= 0.6 is 11.3 Å². The third-order valence-corrected chi connectivity index (χ3v) is 8.04. The van der Waals surface area contributed by atoms with Crippen molar-refractivity contribution in [3.05, 3.63) is 127 Å². The molecule has 0 radical (unpaired) electrons. The summed E-state index contributed by atoms with van der Waals surface area (Å²) in [7, 11) is 0. The predicted octanol–water partition coefficient (Wildman–Crippen LogP) is 8.72. The topological polar surface area (TPSA) is 46.0 Å². The first-order valence-electron chi connectivity index (χ1n) is 12.3. The van der Waals surface area contributed by atoms with Crippen LogP contribution in [0, 0.1) is 0 Å². The van der Waals surface area contributed by atoms with Gasteiger partial charge in [-0.1, -0.05) is 92.7 Å². The third kappa shape index (κ3) is 4.20. The molecule has 0 unspecified atom stereocenters. The Labute approximate surface area is 220 Å². The molecule has 37 heavy (non-hydrogen) atoms. The minimum atomic E-state index is -0.352. The Bertz CT molecular complexity index is 1710. The molecule has 0 aliphatic heterocycles. The van der Waals surface area contributed by atoms with Crippen molar-refractivity contribution >= 4 is 21.6 Å². The van der Waals surface area contributed by atoms with Crippen molar-refractivity contribution in [1.29, 1.82) is 0 Å². The fourth-order valence-electron chi connectivity index (χ4n) is 4.91. The molecule has 0 spiro atoms. The number of benzene rings is 4. The lowest BCUT2D eigenvalue weighted by molar-refractivity contribution is 0.455. The molecule has 2 aromatic heterocycles. The summed E-state index contributed by atoms with van der Waals surface area (Å²) >= 11 is 1.61. The van der Waals surface area contributed by atoms with Gasteiger partial charge in [-0.25, -0.2) is 4.98 Å². The molecule has 1 N–H and O–H groups in total. The van der Waals surface area contributed by atoms with E-state index >= 15 is 0 Å². The Balaban J connectivity index is 1.45. The monoisotopic (exact) mass is 498 g/mol. The summed E-state index contributed by atoms with van der Waals surface area (Å²) < 4.78 is 1.09. The van der Waals surface area contributed by atoms with E-state index in [2.05, 4.69) is 73.4 Å². The maximum absolute atomic E-state index is 11.5. The van der Waals surface area contributed by atoms with Gasteiger partial charge < -0.3 is 5.11 Å². The molecule has 4 aromatic carbocycles. The lowest BCUT2D eigenvalue weighted by Gasteiger charge is -2.27. The average Bonchev–Trinajstić information content (AvgIpc) is 3.38. The SMILES string of the molecule is CC(C)(c1ccccc1)c1cccc(-c2nc3c(-c4cccc(-c5ccccn5)c4)cccc3s2)c1O. The molecule has 0 fully saturated rings. The van der Waals surface area contributed by atoms with Crippen LogP contribution in [-0.4, -0.2) is 15.1 Å². The van der Waals surface area contributed by atoms with Crippen molar-refractivity contribution in [1.82, 2.24) is 9.97 Å². The van der Waals surface area contributed by atoms with Crippen LogP contribution in [0.25, 0.3) is 43.2 Å². The molecule has 0 saturated carbocycles. The number of aromatic nitrogens is 2. The van der Waals surface area contributed by atoms with Crippen molar-refractivity contribution in [2.75, 3.05) is 0 Å². The molecule has 0 aliphatic carbocycles. The highest BCUT2D eigenvalue weighted by Gasteiger charge is 2.28. The molecule has 0 atom stereocenters. The molecule has 4 heteroatoms. The van der Waals surface area contributed by atoms with Crippen molar-refractivity contribution in [3.8, 4) is 38.7 Å². The Kier molecular flexibility index (Phi) is 5.82. The predicted molar refractivity (Wildman–Crippen MR) is 154 cm³/mol. The summed E-state index contributed by atoms with van der Waals surface area (Å²) in [6.07, 6.45) is 1.81. The van der Waals surface area contributed by atoms with Gasteiger partial charge in [-0.05, 0) is 41.5 Å². The summed E-state index contributed by atoms with van der Waals surface area (Å²) in [6.45, 7) is 4.29. The van der Waals surface area contributed by atoms with Crippen LogP contribution in [-0.2, 0) is 5.41 Å². The summed E-state index contributed by atoms with van der Waals surface area (Å²) in [5.41, 5.74) is 7.56. The van der Waals surface area contributed by atoms with E-state index < -0.39 is 0 Å². The van der Waals surface area contributed by atoms with Crippen molar-refractivity contribution < 1.29 is 5.11 Å². The van der Waals surface area contributed by atoms with Crippen LogP contribution in [0.4, 0.5) is 0 Å². The van der Waals surface area contributed by atoms with Crippen LogP contribution in [0.1, 0.15) is 25.0 Å². The van der Waals surface area contributed by atoms with E-state index in [9.17, 15) is 5.11 Å². The van der Waals surface area contributed by atoms with E-state index in [1.54, 1.807) is 11.3 Å². The number of pyridine rings is 1. The van der Waals surface area contributed by atoms with E-state index in [0.29, 0.717) is 0 Å². The van der Waals surface area contributed by atoms with Gasteiger partial charge in [-0.2, -0.15) is 0 Å². The van der Waals surface area contributed by atoms with Gasteiger partial charge in [0, 0.05) is 28.3 Å². The largest absolute Gasteiger partial charge is 0.507 e. The number of phenols is 1. The Morgan fingerprint density at radius 2 is 1.43 bits per heavy atom. The molecular weight excluding hydrogens is 472 g/mol. The molecule has 0 bridgehead atoms. The number of nitrogens with zero attached hydrogens (tertiary/aromatic N) is 2. The molecule has 6 rings (SSSR count). The summed E-state index contributed by atoms with van der Waals surface area (Å²) in [4.78, 5) is 9.57. The van der Waals surface area contributed by atoms with E-state index in [0.717, 1.165) is 54.3 Å². The van der Waals surface area contributed by atoms with Crippen molar-refractivity contribution in [2.24, 2.45) is 0 Å². The lowest BCUT2D eigenvalue weighted by atomic mass is 9.77. The van der Waals surface area contributed by atoms with Gasteiger partial charge in [-0.3, -0.25) is 4.98 Å². The second-order valence-electron chi connectivity index (χ2n) is 9.66. The van der Waals surface area contributed by atoms with Crippen LogP contribution in [0.3, 0.4) is 0 Å². The van der Waals surface area contributed by atoms with Crippen LogP contribution < -0.4 is 0 Å². The number of aromatic hydroxyl groups is 1. The summed E-state index contributed by atoms with van der Waals surface area (Å²) in [5, 5.41) is 12.3. The van der Waals surface area contributed by atoms with E-state index in [-0.39, 0.29) is 11.2 Å². The van der Waals surface area contributed by atoms with Gasteiger partial charge in [0.2, 0.25) is 0 Å². The molecule has 2 heterocycles. The number of para-hydroxylation sites is 2. The molecule has 6 aromatic rings. The fraction of sp³-hybridized carbons (Fsp3) is 0.0909. The Morgan fingerprint density at radius 1 is 0.703 bits per heavy atom. The van der Waals surface area contributed by atoms with E-state index in [1.807, 2.05) is 60.8 Å². The quantitative estimate of drug-likeness (QED) is 0.258. The van der Waals surface area contributed by atoms with Crippen LogP contribution in [0.2, 0.25) is 0 Å². The van der Waals surface area contributed by atoms with Gasteiger partial charge in [0.1, 0.15) is 10.8 Å². The van der Waals surface area contributed by atoms with Crippen LogP contribution in [0.15, 0.2) is 115 Å². The zero-order valence-corrected chi connectivity index (χ0v) is 21.5. The summed E-state index contributed by atoms with van der Waals surface area (Å²) in [6, 6.07) is 36.9. The van der Waals surface area contributed by atoms with Crippen molar-refractivity contribution in [2.45, 2.75) is 19.3 Å². The molecular formula is C33H26N2OS. The Morgan fingerprint density at radius 3 is 2.24 bits per heavy atom. The number of hydrogen-bond acceptors (Lipinski definition) is 4. The van der Waals surface area contributed by atoms with Gasteiger partial charge in [0.15, 0.2) is 0 Å². The number of phenolic OH excluding ortho intramolecular Hbond substituents is 1. The Hall–Kier alpha value is -4.28. The minimum absolute atomic E-state index is 0.286. The summed E-state index contributed by atoms with van der Waals surface area (Å²) in [5.74, 6) is 0.286. The van der Waals surface area contributed by atoms with Gasteiger partial charge in [0.05, 0.1) is 21.5 Å². The van der Waals surface area contributed by atoms with Crippen LogP contribution in [0.5, 0.6) is 5.75 Å². The van der Waals surface area contributed by atoms with Gasteiger partial charge in [-0.15, -0.1) is 11.3 Å². The zero-order valence-electron chi connectivity index (χ0n) is 20.7. The highest BCUT2D eigenvalue weighted by Crippen LogP contribution is 2.44. The molecule has 180 valence electrons. The standard InChI is InChI=1S/C33H26N2OS/c1-33(2,24-13-4-3-5-14-24)27-17-9-16-26(31(27)36)32-35-30-25(15-10-19-29(30)37-32)22-11-8-12-23(21-22)28-18-6-7-20-34-28/h3-21,36H,1-2H3. The maximum Gasteiger partial charge on any atom is 0.129 e. The van der Waals surface area contributed by atoms with Gasteiger partial charge >= 0.3 is 0 Å². The van der Waals surface area contributed by atoms with Gasteiger partial charge in [0.25, 0.3) is 0 Å².